The van der Waals surface area contributed by atoms with E-state index in [2.05, 4.69) is 10.6 Å². The van der Waals surface area contributed by atoms with Crippen LogP contribution in [-0.4, -0.2) is 35.4 Å². The number of anilines is 1. The summed E-state index contributed by atoms with van der Waals surface area (Å²) in [6, 6.07) is 1.05. The molecule has 2 unspecified atom stereocenters. The Balaban J connectivity index is 2.02. The molecule has 0 aromatic carbocycles. The van der Waals surface area contributed by atoms with Crippen molar-refractivity contribution >= 4 is 28.3 Å². The minimum absolute atomic E-state index is 0.0690. The summed E-state index contributed by atoms with van der Waals surface area (Å²) in [6.45, 7) is 4.43. The van der Waals surface area contributed by atoms with E-state index in [1.807, 2.05) is 13.8 Å². The molecule has 0 aliphatic carbocycles. The SMILES string of the molecule is CC1OCCC1(C)NC(=O)Nc1sccc1C(=O)O. The summed E-state index contributed by atoms with van der Waals surface area (Å²) in [5.41, 5.74) is -0.328. The fourth-order valence-electron chi connectivity index (χ4n) is 1.97. The Morgan fingerprint density at radius 3 is 2.89 bits per heavy atom. The topological polar surface area (TPSA) is 87.7 Å². The van der Waals surface area contributed by atoms with E-state index in [0.29, 0.717) is 11.6 Å². The highest BCUT2D eigenvalue weighted by atomic mass is 32.1. The predicted molar refractivity (Wildman–Crippen MR) is 71.9 cm³/mol. The Kier molecular flexibility index (Phi) is 3.77. The lowest BCUT2D eigenvalue weighted by atomic mass is 9.95. The average molecular weight is 284 g/mol. The summed E-state index contributed by atoms with van der Waals surface area (Å²) in [7, 11) is 0. The molecular weight excluding hydrogens is 268 g/mol. The zero-order valence-corrected chi connectivity index (χ0v) is 11.5. The predicted octanol–water partition coefficient (Wildman–Crippen LogP) is 2.14. The first-order valence-corrected chi connectivity index (χ1v) is 6.82. The van der Waals surface area contributed by atoms with Crippen molar-refractivity contribution in [1.82, 2.24) is 5.32 Å². The van der Waals surface area contributed by atoms with Crippen LogP contribution >= 0.6 is 11.3 Å². The van der Waals surface area contributed by atoms with Gasteiger partial charge < -0.3 is 15.2 Å². The second-order valence-electron chi connectivity index (χ2n) is 4.73. The highest BCUT2D eigenvalue weighted by Gasteiger charge is 2.38. The van der Waals surface area contributed by atoms with Gasteiger partial charge in [-0.05, 0) is 31.7 Å². The van der Waals surface area contributed by atoms with Crippen LogP contribution in [0.5, 0.6) is 0 Å². The van der Waals surface area contributed by atoms with Gasteiger partial charge in [0.15, 0.2) is 0 Å². The molecule has 2 heterocycles. The van der Waals surface area contributed by atoms with E-state index >= 15 is 0 Å². The molecule has 104 valence electrons. The molecule has 2 amide bonds. The molecule has 6 nitrogen and oxygen atoms in total. The standard InChI is InChI=1S/C12H16N2O4S/c1-7-12(2,4-5-18-7)14-11(17)13-9-8(10(15)16)3-6-19-9/h3,6-7H,4-5H2,1-2H3,(H,15,16)(H2,13,14,17). The minimum atomic E-state index is -1.06. The zero-order valence-electron chi connectivity index (χ0n) is 10.7. The van der Waals surface area contributed by atoms with Crippen LogP contribution in [-0.2, 0) is 4.74 Å². The van der Waals surface area contributed by atoms with Crippen molar-refractivity contribution in [3.63, 3.8) is 0 Å². The minimum Gasteiger partial charge on any atom is -0.478 e. The number of carbonyl (C=O) groups excluding carboxylic acids is 1. The molecule has 3 N–H and O–H groups in total. The number of urea groups is 1. The average Bonchev–Trinajstić information content (AvgIpc) is 2.87. The zero-order chi connectivity index (χ0) is 14.0. The van der Waals surface area contributed by atoms with Crippen LogP contribution in [0.2, 0.25) is 0 Å². The first kappa shape index (κ1) is 13.8. The van der Waals surface area contributed by atoms with Crippen LogP contribution in [0.4, 0.5) is 9.80 Å². The Morgan fingerprint density at radius 2 is 2.32 bits per heavy atom. The summed E-state index contributed by atoms with van der Waals surface area (Å²) < 4.78 is 5.43. The quantitative estimate of drug-likeness (QED) is 0.793. The van der Waals surface area contributed by atoms with Gasteiger partial charge in [-0.3, -0.25) is 5.32 Å². The monoisotopic (exact) mass is 284 g/mol. The third-order valence-electron chi connectivity index (χ3n) is 3.41. The molecule has 0 radical (unpaired) electrons. The van der Waals surface area contributed by atoms with Gasteiger partial charge in [0.25, 0.3) is 0 Å². The van der Waals surface area contributed by atoms with Gasteiger partial charge in [0, 0.05) is 6.61 Å². The molecule has 0 bridgehead atoms. The molecule has 1 aromatic heterocycles. The second-order valence-corrected chi connectivity index (χ2v) is 5.64. The number of nitrogens with one attached hydrogen (secondary N) is 2. The van der Waals surface area contributed by atoms with Crippen LogP contribution in [0.1, 0.15) is 30.6 Å². The van der Waals surface area contributed by atoms with Gasteiger partial charge in [-0.15, -0.1) is 11.3 Å². The third kappa shape index (κ3) is 2.87. The summed E-state index contributed by atoms with van der Waals surface area (Å²) in [4.78, 5) is 22.9. The Hall–Kier alpha value is -1.60. The molecule has 0 spiro atoms. The largest absolute Gasteiger partial charge is 0.478 e. The molecule has 19 heavy (non-hydrogen) atoms. The maximum absolute atomic E-state index is 11.9. The first-order chi connectivity index (χ1) is 8.92. The Labute approximate surface area is 114 Å². The summed E-state index contributed by atoms with van der Waals surface area (Å²) in [5.74, 6) is -1.06. The molecule has 1 fully saturated rings. The van der Waals surface area contributed by atoms with E-state index in [0.717, 1.165) is 6.42 Å². The number of hydrogen-bond donors (Lipinski definition) is 3. The first-order valence-electron chi connectivity index (χ1n) is 5.94. The molecule has 1 saturated heterocycles. The second kappa shape index (κ2) is 5.18. The van der Waals surface area contributed by atoms with E-state index in [1.165, 1.54) is 17.4 Å². The summed E-state index contributed by atoms with van der Waals surface area (Å²) in [5, 5.41) is 16.3. The smallest absolute Gasteiger partial charge is 0.338 e. The highest BCUT2D eigenvalue weighted by Crippen LogP contribution is 2.26. The van der Waals surface area contributed by atoms with Crippen molar-refractivity contribution in [3.8, 4) is 0 Å². The van der Waals surface area contributed by atoms with Crippen molar-refractivity contribution in [3.05, 3.63) is 17.0 Å². The van der Waals surface area contributed by atoms with Gasteiger partial charge in [-0.25, -0.2) is 9.59 Å². The Morgan fingerprint density at radius 1 is 1.58 bits per heavy atom. The van der Waals surface area contributed by atoms with Gasteiger partial charge in [0.2, 0.25) is 0 Å². The number of rotatable bonds is 3. The lowest BCUT2D eigenvalue weighted by molar-refractivity contribution is 0.0698. The number of carbonyl (C=O) groups is 2. The number of aromatic carboxylic acids is 1. The van der Waals surface area contributed by atoms with Crippen LogP contribution in [0.3, 0.4) is 0 Å². The van der Waals surface area contributed by atoms with Crippen LogP contribution in [0, 0.1) is 0 Å². The van der Waals surface area contributed by atoms with Crippen molar-refractivity contribution in [2.24, 2.45) is 0 Å². The summed E-state index contributed by atoms with van der Waals surface area (Å²) in [6.07, 6.45) is 0.665. The molecule has 1 aliphatic heterocycles. The van der Waals surface area contributed by atoms with E-state index in [1.54, 1.807) is 5.38 Å². The lowest BCUT2D eigenvalue weighted by Gasteiger charge is -2.28. The van der Waals surface area contributed by atoms with E-state index in [9.17, 15) is 9.59 Å². The van der Waals surface area contributed by atoms with E-state index in [4.69, 9.17) is 9.84 Å². The molecule has 0 saturated carbocycles. The van der Waals surface area contributed by atoms with E-state index < -0.39 is 17.5 Å². The normalized spacial score (nSPS) is 26.1. The molecule has 7 heteroatoms. The summed E-state index contributed by atoms with van der Waals surface area (Å²) >= 11 is 1.18. The maximum atomic E-state index is 11.9. The fourth-order valence-corrected chi connectivity index (χ4v) is 2.74. The van der Waals surface area contributed by atoms with Crippen molar-refractivity contribution in [2.75, 3.05) is 11.9 Å². The number of ether oxygens (including phenoxy) is 1. The number of hydrogen-bond acceptors (Lipinski definition) is 4. The number of thiophene rings is 1. The van der Waals surface area contributed by atoms with Gasteiger partial charge in [0.1, 0.15) is 5.00 Å². The Bertz CT molecular complexity index is 502. The number of carboxylic acids is 1. The van der Waals surface area contributed by atoms with Gasteiger partial charge in [0.05, 0.1) is 17.2 Å². The van der Waals surface area contributed by atoms with Crippen molar-refractivity contribution in [1.29, 1.82) is 0 Å². The van der Waals surface area contributed by atoms with Crippen molar-refractivity contribution in [2.45, 2.75) is 31.9 Å². The van der Waals surface area contributed by atoms with Crippen LogP contribution in [0.25, 0.3) is 0 Å². The van der Waals surface area contributed by atoms with E-state index in [-0.39, 0.29) is 11.7 Å². The van der Waals surface area contributed by atoms with Gasteiger partial charge in [-0.2, -0.15) is 0 Å². The molecule has 2 rings (SSSR count). The van der Waals surface area contributed by atoms with Crippen molar-refractivity contribution < 1.29 is 19.4 Å². The number of amides is 2. The molecular formula is C12H16N2O4S. The van der Waals surface area contributed by atoms with Gasteiger partial charge >= 0.3 is 12.0 Å². The fraction of sp³-hybridized carbons (Fsp3) is 0.500. The lowest BCUT2D eigenvalue weighted by Crippen LogP contribution is -2.52. The van der Waals surface area contributed by atoms with Crippen LogP contribution < -0.4 is 10.6 Å². The molecule has 1 aromatic rings. The maximum Gasteiger partial charge on any atom is 0.338 e. The highest BCUT2D eigenvalue weighted by molar-refractivity contribution is 7.14. The third-order valence-corrected chi connectivity index (χ3v) is 4.24. The molecule has 1 aliphatic rings. The number of carboxylic acid groups (broad SMARTS) is 1. The van der Waals surface area contributed by atoms with Gasteiger partial charge in [-0.1, -0.05) is 0 Å². The van der Waals surface area contributed by atoms with Crippen LogP contribution in [0.15, 0.2) is 11.4 Å². The molecule has 2 atom stereocenters.